The molecule has 3 N–H and O–H groups in total. The lowest BCUT2D eigenvalue weighted by Crippen LogP contribution is -2.51. The highest BCUT2D eigenvalue weighted by Gasteiger charge is 2.30. The van der Waals surface area contributed by atoms with Gasteiger partial charge in [0.1, 0.15) is 0 Å². The lowest BCUT2D eigenvalue weighted by molar-refractivity contribution is 0.0933. The highest BCUT2D eigenvalue weighted by atomic mass is 19.2. The summed E-state index contributed by atoms with van der Waals surface area (Å²) < 4.78 is 32.4. The van der Waals surface area contributed by atoms with E-state index in [1.807, 2.05) is 18.2 Å². The van der Waals surface area contributed by atoms with Crippen molar-refractivity contribution in [2.75, 3.05) is 31.5 Å². The van der Waals surface area contributed by atoms with Crippen LogP contribution in [0.25, 0.3) is 28.0 Å². The number of aromatic nitrogens is 5. The van der Waals surface area contributed by atoms with Crippen LogP contribution in [0.15, 0.2) is 67.3 Å². The van der Waals surface area contributed by atoms with Gasteiger partial charge < -0.3 is 15.5 Å². The Morgan fingerprint density at radius 1 is 1.05 bits per heavy atom. The van der Waals surface area contributed by atoms with Gasteiger partial charge in [0.15, 0.2) is 23.1 Å². The van der Waals surface area contributed by atoms with Crippen molar-refractivity contribution in [1.82, 2.24) is 34.8 Å². The zero-order chi connectivity index (χ0) is 29.2. The predicted molar refractivity (Wildman–Crippen MR) is 157 cm³/mol. The van der Waals surface area contributed by atoms with Crippen LogP contribution in [-0.2, 0) is 0 Å². The molecule has 6 rings (SSSR count). The molecule has 1 aliphatic rings. The maximum atomic E-state index is 15.4. The molecule has 0 aliphatic carbocycles. The van der Waals surface area contributed by atoms with Crippen LogP contribution in [0.2, 0.25) is 0 Å². The topological polar surface area (TPSA) is 103 Å². The van der Waals surface area contributed by atoms with Crippen LogP contribution in [0.1, 0.15) is 29.4 Å². The number of carbonyl (C=O) groups is 1. The summed E-state index contributed by atoms with van der Waals surface area (Å²) in [6.07, 6.45) is 7.21. The average Bonchev–Trinajstić information content (AvgIpc) is 3.65. The number of likely N-dealkylation sites (N-methyl/N-ethyl adjacent to an activating group) is 1. The van der Waals surface area contributed by atoms with Gasteiger partial charge in [0.25, 0.3) is 5.91 Å². The van der Waals surface area contributed by atoms with Crippen molar-refractivity contribution in [3.63, 3.8) is 0 Å². The third-order valence-electron chi connectivity index (χ3n) is 8.08. The average molecular weight is 571 g/mol. The molecule has 5 aromatic rings. The van der Waals surface area contributed by atoms with Crippen molar-refractivity contribution >= 4 is 17.4 Å². The zero-order valence-electron chi connectivity index (χ0n) is 23.4. The Bertz CT molecular complexity index is 1720. The first-order valence-corrected chi connectivity index (χ1v) is 14.1. The second-order valence-electron chi connectivity index (χ2n) is 10.6. The van der Waals surface area contributed by atoms with Crippen molar-refractivity contribution in [2.24, 2.45) is 5.92 Å². The molecule has 0 bridgehead atoms. The number of anilines is 1. The van der Waals surface area contributed by atoms with Crippen molar-refractivity contribution < 1.29 is 13.6 Å². The molecule has 2 aromatic carbocycles. The lowest BCUT2D eigenvalue weighted by Gasteiger charge is -2.38. The first-order valence-electron chi connectivity index (χ1n) is 14.1. The minimum absolute atomic E-state index is 0.0136. The number of rotatable bonds is 8. The quantitative estimate of drug-likeness (QED) is 0.245. The number of nitrogens with one attached hydrogen (secondary N) is 3. The molecule has 3 aromatic heterocycles. The van der Waals surface area contributed by atoms with Gasteiger partial charge in [-0.3, -0.25) is 14.3 Å². The summed E-state index contributed by atoms with van der Waals surface area (Å²) in [4.78, 5) is 24.2. The highest BCUT2D eigenvalue weighted by molar-refractivity contribution is 5.94. The van der Waals surface area contributed by atoms with E-state index < -0.39 is 11.6 Å². The number of H-pyrrole nitrogens is 1. The van der Waals surface area contributed by atoms with E-state index in [4.69, 9.17) is 0 Å². The van der Waals surface area contributed by atoms with Gasteiger partial charge in [-0.15, -0.1) is 0 Å². The van der Waals surface area contributed by atoms with E-state index in [-0.39, 0.29) is 29.0 Å². The molecule has 0 spiro atoms. The van der Waals surface area contributed by atoms with Gasteiger partial charge in [-0.2, -0.15) is 5.10 Å². The van der Waals surface area contributed by atoms with Crippen molar-refractivity contribution in [2.45, 2.75) is 26.3 Å². The van der Waals surface area contributed by atoms with E-state index in [0.29, 0.717) is 40.5 Å². The number of nitrogens with zero attached hydrogens (tertiary/aromatic N) is 5. The van der Waals surface area contributed by atoms with Crippen LogP contribution >= 0.6 is 0 Å². The Kier molecular flexibility index (Phi) is 7.66. The van der Waals surface area contributed by atoms with Crippen LogP contribution in [-0.4, -0.2) is 67.6 Å². The van der Waals surface area contributed by atoms with E-state index in [9.17, 15) is 4.79 Å². The second-order valence-corrected chi connectivity index (χ2v) is 10.6. The molecule has 1 saturated heterocycles. The molecule has 11 heteroatoms. The predicted octanol–water partition coefficient (Wildman–Crippen LogP) is 4.93. The highest BCUT2D eigenvalue weighted by Crippen LogP contribution is 2.33. The fourth-order valence-electron chi connectivity index (χ4n) is 5.65. The molecule has 0 saturated carbocycles. The number of carbonyl (C=O) groups excluding carboxylic acids is 1. The summed E-state index contributed by atoms with van der Waals surface area (Å²) in [7, 11) is 0. The van der Waals surface area contributed by atoms with Crippen LogP contribution in [0.5, 0.6) is 0 Å². The summed E-state index contributed by atoms with van der Waals surface area (Å²) in [5.41, 5.74) is 2.94. The number of benzene rings is 2. The molecule has 9 nitrogen and oxygen atoms in total. The Balaban J connectivity index is 1.26. The van der Waals surface area contributed by atoms with E-state index in [2.05, 4.69) is 42.6 Å². The molecule has 216 valence electrons. The minimum atomic E-state index is -0.957. The number of imidazole rings is 1. The molecule has 2 atom stereocenters. The van der Waals surface area contributed by atoms with E-state index in [1.165, 1.54) is 12.4 Å². The fraction of sp³-hybridized carbons (Fsp3) is 0.290. The second kappa shape index (κ2) is 11.7. The van der Waals surface area contributed by atoms with E-state index >= 15 is 8.78 Å². The molecular formula is C31H32F2N8O. The van der Waals surface area contributed by atoms with Crippen molar-refractivity contribution in [3.05, 3.63) is 90.1 Å². The van der Waals surface area contributed by atoms with Crippen LogP contribution in [0, 0.1) is 24.5 Å². The summed E-state index contributed by atoms with van der Waals surface area (Å²) in [5.74, 6) is -1.31. The summed E-state index contributed by atoms with van der Waals surface area (Å²) in [6.45, 7) is 7.01. The van der Waals surface area contributed by atoms with Gasteiger partial charge in [0.05, 0.1) is 18.1 Å². The summed E-state index contributed by atoms with van der Waals surface area (Å²) >= 11 is 0. The Hall–Kier alpha value is -4.64. The SMILES string of the molecule is CCN1CCC(CNC(=O)c2ccccc2)C(Nc2nccn3c(-c4ccc(-c5cn[nH]c5C)c(F)c4F)cnc23)C1. The van der Waals surface area contributed by atoms with Crippen LogP contribution in [0.4, 0.5) is 14.6 Å². The number of fused-ring (bicyclic) bond motifs is 1. The first-order chi connectivity index (χ1) is 20.4. The normalized spacial score (nSPS) is 17.4. The van der Waals surface area contributed by atoms with Gasteiger partial charge in [0, 0.05) is 59.5 Å². The number of aryl methyl sites for hydroxylation is 1. The molecule has 4 heterocycles. The molecule has 1 aliphatic heterocycles. The molecule has 0 radical (unpaired) electrons. The number of hydrogen-bond donors (Lipinski definition) is 3. The van der Waals surface area contributed by atoms with Gasteiger partial charge in [-0.25, -0.2) is 18.7 Å². The van der Waals surface area contributed by atoms with E-state index in [1.54, 1.807) is 48.0 Å². The number of hydrogen-bond acceptors (Lipinski definition) is 6. The number of likely N-dealkylation sites (tertiary alicyclic amines) is 1. The number of halogens is 2. The first kappa shape index (κ1) is 27.5. The summed E-state index contributed by atoms with van der Waals surface area (Å²) in [5, 5.41) is 13.3. The zero-order valence-corrected chi connectivity index (χ0v) is 23.4. The van der Waals surface area contributed by atoms with Crippen LogP contribution < -0.4 is 10.6 Å². The number of aromatic amines is 1. The maximum absolute atomic E-state index is 15.4. The Labute approximate surface area is 242 Å². The van der Waals surface area contributed by atoms with E-state index in [0.717, 1.165) is 26.1 Å². The van der Waals surface area contributed by atoms with Gasteiger partial charge in [-0.05, 0) is 50.6 Å². The minimum Gasteiger partial charge on any atom is -0.363 e. The lowest BCUT2D eigenvalue weighted by atomic mass is 9.91. The molecule has 1 fully saturated rings. The molecular weight excluding hydrogens is 538 g/mol. The van der Waals surface area contributed by atoms with Crippen molar-refractivity contribution in [1.29, 1.82) is 0 Å². The van der Waals surface area contributed by atoms with Gasteiger partial charge in [-0.1, -0.05) is 31.2 Å². The fourth-order valence-corrected chi connectivity index (χ4v) is 5.65. The van der Waals surface area contributed by atoms with Crippen molar-refractivity contribution in [3.8, 4) is 22.4 Å². The maximum Gasteiger partial charge on any atom is 0.251 e. The molecule has 2 unspecified atom stereocenters. The third kappa shape index (κ3) is 5.23. The van der Waals surface area contributed by atoms with Gasteiger partial charge >= 0.3 is 0 Å². The smallest absolute Gasteiger partial charge is 0.251 e. The Morgan fingerprint density at radius 2 is 1.83 bits per heavy atom. The monoisotopic (exact) mass is 570 g/mol. The van der Waals surface area contributed by atoms with Crippen LogP contribution in [0.3, 0.4) is 0 Å². The number of amides is 1. The standard InChI is InChI=1S/C31H32F2N8O/c1-3-40-13-11-21(15-36-31(42)20-7-5-4-6-8-20)25(18-40)38-29-30-35-17-26(41(30)14-12-34-29)23-10-9-22(27(32)28(23)33)24-16-37-39-19(24)2/h4-10,12,14,16-17,21,25H,3,11,13,15,18H2,1-2H3,(H,34,38)(H,36,42)(H,37,39). The number of piperidine rings is 1. The summed E-state index contributed by atoms with van der Waals surface area (Å²) in [6, 6.07) is 12.3. The van der Waals surface area contributed by atoms with Gasteiger partial charge in [0.2, 0.25) is 0 Å². The third-order valence-corrected chi connectivity index (χ3v) is 8.08. The molecule has 1 amide bonds. The molecule has 42 heavy (non-hydrogen) atoms. The largest absolute Gasteiger partial charge is 0.363 e. The Morgan fingerprint density at radius 3 is 2.60 bits per heavy atom.